The molecule has 0 fully saturated rings. The minimum Gasteiger partial charge on any atom is -0.478 e. The number of nitrogens with one attached hydrogen (secondary N) is 2. The van der Waals surface area contributed by atoms with Crippen LogP contribution in [-0.4, -0.2) is 28.9 Å². The third kappa shape index (κ3) is 4.57. The fourth-order valence-electron chi connectivity index (χ4n) is 1.63. The summed E-state index contributed by atoms with van der Waals surface area (Å²) in [5.41, 5.74) is 6.07. The van der Waals surface area contributed by atoms with Crippen LogP contribution in [-0.2, 0) is 9.59 Å². The third-order valence-electron chi connectivity index (χ3n) is 2.85. The Hall–Kier alpha value is -2.41. The molecule has 114 valence electrons. The molecular formula is C14H19N3O4. The van der Waals surface area contributed by atoms with Crippen LogP contribution in [0.4, 0.5) is 11.4 Å². The van der Waals surface area contributed by atoms with E-state index in [1.807, 2.05) is 0 Å². The predicted molar refractivity (Wildman–Crippen MR) is 79.1 cm³/mol. The zero-order valence-corrected chi connectivity index (χ0v) is 12.1. The summed E-state index contributed by atoms with van der Waals surface area (Å²) in [5, 5.41) is 14.2. The highest BCUT2D eigenvalue weighted by Gasteiger charge is 2.20. The first-order valence-electron chi connectivity index (χ1n) is 6.43. The second-order valence-corrected chi connectivity index (χ2v) is 5.01. The molecule has 2 amide bonds. The number of carbonyl (C=O) groups excluding carboxylic acids is 2. The van der Waals surface area contributed by atoms with Gasteiger partial charge in [0, 0.05) is 12.6 Å². The van der Waals surface area contributed by atoms with E-state index in [1.54, 1.807) is 13.8 Å². The van der Waals surface area contributed by atoms with Gasteiger partial charge in [0.2, 0.25) is 11.8 Å². The lowest BCUT2D eigenvalue weighted by Gasteiger charge is -2.17. The molecule has 5 N–H and O–H groups in total. The quantitative estimate of drug-likeness (QED) is 0.651. The Labute approximate surface area is 122 Å². The van der Waals surface area contributed by atoms with E-state index in [9.17, 15) is 19.5 Å². The maximum absolute atomic E-state index is 11.9. The van der Waals surface area contributed by atoms with Gasteiger partial charge in [0.05, 0.1) is 17.3 Å². The molecule has 0 bridgehead atoms. The van der Waals surface area contributed by atoms with Crippen molar-refractivity contribution in [2.75, 3.05) is 10.6 Å². The number of amides is 2. The summed E-state index contributed by atoms with van der Waals surface area (Å²) in [6.45, 7) is 4.91. The van der Waals surface area contributed by atoms with Crippen molar-refractivity contribution >= 4 is 29.2 Å². The van der Waals surface area contributed by atoms with Gasteiger partial charge < -0.3 is 21.5 Å². The van der Waals surface area contributed by atoms with Crippen molar-refractivity contribution in [3.8, 4) is 0 Å². The summed E-state index contributed by atoms with van der Waals surface area (Å²) in [6.07, 6.45) is 0. The Balaban J connectivity index is 3.04. The summed E-state index contributed by atoms with van der Waals surface area (Å²) >= 11 is 0. The van der Waals surface area contributed by atoms with Crippen molar-refractivity contribution in [1.82, 2.24) is 0 Å². The number of benzene rings is 1. The van der Waals surface area contributed by atoms with Crippen molar-refractivity contribution in [1.29, 1.82) is 0 Å². The van der Waals surface area contributed by atoms with Crippen LogP contribution in [0.2, 0.25) is 0 Å². The van der Waals surface area contributed by atoms with E-state index >= 15 is 0 Å². The maximum atomic E-state index is 11.9. The van der Waals surface area contributed by atoms with E-state index in [4.69, 9.17) is 5.73 Å². The van der Waals surface area contributed by atoms with Crippen molar-refractivity contribution in [2.24, 2.45) is 11.7 Å². The molecule has 1 aromatic rings. The lowest BCUT2D eigenvalue weighted by atomic mass is 10.0. The summed E-state index contributed by atoms with van der Waals surface area (Å²) in [5.74, 6) is -2.06. The fourth-order valence-corrected chi connectivity index (χ4v) is 1.63. The average Bonchev–Trinajstić information content (AvgIpc) is 2.38. The van der Waals surface area contributed by atoms with E-state index in [2.05, 4.69) is 10.6 Å². The van der Waals surface area contributed by atoms with Crippen LogP contribution in [0.5, 0.6) is 0 Å². The van der Waals surface area contributed by atoms with Crippen LogP contribution in [0.15, 0.2) is 18.2 Å². The minimum absolute atomic E-state index is 0.0723. The summed E-state index contributed by atoms with van der Waals surface area (Å²) in [6, 6.07) is 3.46. The number of hydrogen-bond acceptors (Lipinski definition) is 4. The molecule has 0 spiro atoms. The fraction of sp³-hybridized carbons (Fsp3) is 0.357. The van der Waals surface area contributed by atoms with Gasteiger partial charge in [-0.05, 0) is 24.1 Å². The molecule has 0 aromatic heterocycles. The van der Waals surface area contributed by atoms with Crippen molar-refractivity contribution in [2.45, 2.75) is 26.8 Å². The minimum atomic E-state index is -1.21. The molecule has 0 saturated carbocycles. The smallest absolute Gasteiger partial charge is 0.337 e. The molecule has 7 nitrogen and oxygen atoms in total. The highest BCUT2D eigenvalue weighted by molar-refractivity contribution is 6.03. The van der Waals surface area contributed by atoms with Gasteiger partial charge in [-0.2, -0.15) is 0 Å². The zero-order valence-electron chi connectivity index (χ0n) is 12.1. The lowest BCUT2D eigenvalue weighted by molar-refractivity contribution is -0.118. The Kier molecular flexibility index (Phi) is 5.43. The normalized spacial score (nSPS) is 11.9. The maximum Gasteiger partial charge on any atom is 0.337 e. The van der Waals surface area contributed by atoms with Crippen molar-refractivity contribution in [3.63, 3.8) is 0 Å². The first kappa shape index (κ1) is 16.6. The lowest BCUT2D eigenvalue weighted by Crippen LogP contribution is -2.40. The SMILES string of the molecule is CC(=O)Nc1ccc(NC(=O)[C@@H](N)C(C)C)c(C(=O)O)c1. The van der Waals surface area contributed by atoms with E-state index in [-0.39, 0.29) is 23.1 Å². The van der Waals surface area contributed by atoms with Crippen LogP contribution in [0.3, 0.4) is 0 Å². The second kappa shape index (κ2) is 6.85. The number of hydrogen-bond donors (Lipinski definition) is 4. The molecule has 0 aliphatic carbocycles. The van der Waals surface area contributed by atoms with Gasteiger partial charge >= 0.3 is 5.97 Å². The molecule has 0 radical (unpaired) electrons. The molecule has 0 heterocycles. The largest absolute Gasteiger partial charge is 0.478 e. The van der Waals surface area contributed by atoms with Gasteiger partial charge in [-0.25, -0.2) is 4.79 Å². The Morgan fingerprint density at radius 1 is 1.19 bits per heavy atom. The number of carbonyl (C=O) groups is 3. The zero-order chi connectivity index (χ0) is 16.2. The highest BCUT2D eigenvalue weighted by Crippen LogP contribution is 2.21. The molecule has 1 rings (SSSR count). The Morgan fingerprint density at radius 3 is 2.29 bits per heavy atom. The monoisotopic (exact) mass is 293 g/mol. The highest BCUT2D eigenvalue weighted by atomic mass is 16.4. The molecule has 1 aromatic carbocycles. The molecule has 0 unspecified atom stereocenters. The Morgan fingerprint density at radius 2 is 1.81 bits per heavy atom. The van der Waals surface area contributed by atoms with Gasteiger partial charge in [0.15, 0.2) is 0 Å². The number of nitrogens with two attached hydrogens (primary N) is 1. The van der Waals surface area contributed by atoms with Crippen LogP contribution < -0.4 is 16.4 Å². The van der Waals surface area contributed by atoms with Gasteiger partial charge in [-0.1, -0.05) is 13.8 Å². The number of anilines is 2. The summed E-state index contributed by atoms with van der Waals surface area (Å²) in [7, 11) is 0. The van der Waals surface area contributed by atoms with E-state index in [0.717, 1.165) is 0 Å². The summed E-state index contributed by atoms with van der Waals surface area (Å²) in [4.78, 5) is 34.1. The number of rotatable bonds is 5. The standard InChI is InChI=1S/C14H19N3O4/c1-7(2)12(15)13(19)17-11-5-4-9(16-8(3)18)6-10(11)14(20)21/h4-7,12H,15H2,1-3H3,(H,16,18)(H,17,19)(H,20,21)/t12-/m0/s1. The number of carboxylic acid groups (broad SMARTS) is 1. The molecule has 0 aliphatic rings. The number of aromatic carboxylic acids is 1. The second-order valence-electron chi connectivity index (χ2n) is 5.01. The van der Waals surface area contributed by atoms with Crippen LogP contribution in [0.25, 0.3) is 0 Å². The van der Waals surface area contributed by atoms with E-state index in [1.165, 1.54) is 25.1 Å². The number of carboxylic acids is 1. The van der Waals surface area contributed by atoms with Gasteiger partial charge in [0.25, 0.3) is 0 Å². The molecular weight excluding hydrogens is 274 g/mol. The molecule has 7 heteroatoms. The molecule has 1 atom stereocenters. The molecule has 0 aliphatic heterocycles. The first-order chi connectivity index (χ1) is 9.72. The topological polar surface area (TPSA) is 122 Å². The Bertz CT molecular complexity index is 569. The molecule has 0 saturated heterocycles. The van der Waals surface area contributed by atoms with Crippen LogP contribution in [0.1, 0.15) is 31.1 Å². The van der Waals surface area contributed by atoms with Gasteiger partial charge in [-0.15, -0.1) is 0 Å². The van der Waals surface area contributed by atoms with E-state index in [0.29, 0.717) is 5.69 Å². The van der Waals surface area contributed by atoms with Crippen molar-refractivity contribution < 1.29 is 19.5 Å². The van der Waals surface area contributed by atoms with Crippen molar-refractivity contribution in [3.05, 3.63) is 23.8 Å². The van der Waals surface area contributed by atoms with E-state index < -0.39 is 17.9 Å². The van der Waals surface area contributed by atoms with Crippen LogP contribution in [0, 0.1) is 5.92 Å². The summed E-state index contributed by atoms with van der Waals surface area (Å²) < 4.78 is 0. The predicted octanol–water partition coefficient (Wildman–Crippen LogP) is 1.26. The molecule has 21 heavy (non-hydrogen) atoms. The van der Waals surface area contributed by atoms with Gasteiger partial charge in [0.1, 0.15) is 0 Å². The van der Waals surface area contributed by atoms with Crippen LogP contribution >= 0.6 is 0 Å². The average molecular weight is 293 g/mol. The first-order valence-corrected chi connectivity index (χ1v) is 6.43. The van der Waals surface area contributed by atoms with Gasteiger partial charge in [-0.3, -0.25) is 9.59 Å². The third-order valence-corrected chi connectivity index (χ3v) is 2.85.